The van der Waals surface area contributed by atoms with Gasteiger partial charge in [-0.2, -0.15) is 0 Å². The van der Waals surface area contributed by atoms with Gasteiger partial charge in [0.25, 0.3) is 11.8 Å². The minimum Gasteiger partial charge on any atom is -0.459 e. The smallest absolute Gasteiger partial charge is 0.291 e. The summed E-state index contributed by atoms with van der Waals surface area (Å²) in [6.45, 7) is 0. The third-order valence-electron chi connectivity index (χ3n) is 3.09. The Hall–Kier alpha value is -3.48. The van der Waals surface area contributed by atoms with Crippen molar-refractivity contribution in [1.29, 1.82) is 0 Å². The van der Waals surface area contributed by atoms with Crippen LogP contribution in [-0.2, 0) is 0 Å². The summed E-state index contributed by atoms with van der Waals surface area (Å²) < 4.78 is 18.1. The highest BCUT2D eigenvalue weighted by atomic mass is 19.1. The van der Waals surface area contributed by atoms with Crippen LogP contribution in [0.5, 0.6) is 0 Å². The van der Waals surface area contributed by atoms with Crippen molar-refractivity contribution < 1.29 is 18.4 Å². The molecule has 3 aromatic rings. The molecule has 1 aromatic carbocycles. The molecule has 0 aliphatic rings. The van der Waals surface area contributed by atoms with Crippen LogP contribution in [0.3, 0.4) is 0 Å². The summed E-state index contributed by atoms with van der Waals surface area (Å²) in [6.07, 6.45) is 2.79. The van der Waals surface area contributed by atoms with Crippen LogP contribution in [-0.4, -0.2) is 16.8 Å². The Morgan fingerprint density at radius 2 is 1.88 bits per heavy atom. The van der Waals surface area contributed by atoms with Crippen molar-refractivity contribution in [3.05, 3.63) is 78.1 Å². The van der Waals surface area contributed by atoms with Crippen LogP contribution < -0.4 is 10.6 Å². The molecule has 6 nitrogen and oxygen atoms in total. The number of nitrogens with zero attached hydrogens (tertiary/aromatic N) is 1. The maximum Gasteiger partial charge on any atom is 0.291 e. The molecule has 0 radical (unpaired) electrons. The van der Waals surface area contributed by atoms with E-state index in [-0.39, 0.29) is 17.1 Å². The standard InChI is InChI=1S/C17H12FN3O3/c18-12-4-1-3-11(9-12)16(22)21-15-7-6-13(10-19-15)20-17(23)14-5-2-8-24-14/h1-10H,(H,20,23)(H,19,21,22). The number of aromatic nitrogens is 1. The third-order valence-corrected chi connectivity index (χ3v) is 3.09. The minimum atomic E-state index is -0.494. The van der Waals surface area contributed by atoms with Crippen molar-refractivity contribution in [3.63, 3.8) is 0 Å². The number of carbonyl (C=O) groups excluding carboxylic acids is 2. The molecule has 0 saturated heterocycles. The molecule has 0 aliphatic carbocycles. The van der Waals surface area contributed by atoms with Crippen molar-refractivity contribution >= 4 is 23.3 Å². The van der Waals surface area contributed by atoms with E-state index in [4.69, 9.17) is 4.42 Å². The van der Waals surface area contributed by atoms with Crippen molar-refractivity contribution in [3.8, 4) is 0 Å². The summed E-state index contributed by atoms with van der Waals surface area (Å²) in [4.78, 5) is 27.8. The molecule has 0 aliphatic heterocycles. The van der Waals surface area contributed by atoms with Gasteiger partial charge < -0.3 is 15.1 Å². The number of hydrogen-bond donors (Lipinski definition) is 2. The summed E-state index contributed by atoms with van der Waals surface area (Å²) in [5.74, 6) is -0.918. The lowest BCUT2D eigenvalue weighted by molar-refractivity contribution is 0.0994. The number of rotatable bonds is 4. The molecule has 0 bridgehead atoms. The van der Waals surface area contributed by atoms with Gasteiger partial charge in [-0.1, -0.05) is 6.07 Å². The van der Waals surface area contributed by atoms with Gasteiger partial charge in [-0.3, -0.25) is 9.59 Å². The molecule has 2 heterocycles. The number of pyridine rings is 1. The molecule has 120 valence electrons. The number of benzene rings is 1. The Balaban J connectivity index is 1.64. The maximum atomic E-state index is 13.1. The highest BCUT2D eigenvalue weighted by molar-refractivity contribution is 6.04. The molecule has 2 N–H and O–H groups in total. The van der Waals surface area contributed by atoms with Crippen LogP contribution >= 0.6 is 0 Å². The highest BCUT2D eigenvalue weighted by Crippen LogP contribution is 2.13. The van der Waals surface area contributed by atoms with Gasteiger partial charge in [-0.05, 0) is 42.5 Å². The first kappa shape index (κ1) is 15.4. The number of furan rings is 1. The summed E-state index contributed by atoms with van der Waals surface area (Å²) in [6, 6.07) is 11.6. The second-order valence-corrected chi connectivity index (χ2v) is 4.83. The normalized spacial score (nSPS) is 10.2. The zero-order valence-corrected chi connectivity index (χ0v) is 12.3. The van der Waals surface area contributed by atoms with Gasteiger partial charge in [0.05, 0.1) is 18.1 Å². The molecule has 24 heavy (non-hydrogen) atoms. The molecule has 0 fully saturated rings. The zero-order chi connectivity index (χ0) is 16.9. The van der Waals surface area contributed by atoms with Crippen LogP contribution in [0, 0.1) is 5.82 Å². The van der Waals surface area contributed by atoms with Crippen LogP contribution in [0.15, 0.2) is 65.4 Å². The third kappa shape index (κ3) is 3.64. The Labute approximate surface area is 136 Å². The van der Waals surface area contributed by atoms with Crippen molar-refractivity contribution in [2.45, 2.75) is 0 Å². The summed E-state index contributed by atoms with van der Waals surface area (Å²) in [5, 5.41) is 5.15. The van der Waals surface area contributed by atoms with E-state index in [0.717, 1.165) is 6.07 Å². The first-order valence-electron chi connectivity index (χ1n) is 6.99. The first-order valence-corrected chi connectivity index (χ1v) is 6.99. The van der Waals surface area contributed by atoms with Gasteiger partial charge in [0.15, 0.2) is 5.76 Å². The van der Waals surface area contributed by atoms with Crippen molar-refractivity contribution in [1.82, 2.24) is 4.98 Å². The highest BCUT2D eigenvalue weighted by Gasteiger charge is 2.10. The number of carbonyl (C=O) groups is 2. The Morgan fingerprint density at radius 1 is 1.00 bits per heavy atom. The van der Waals surface area contributed by atoms with E-state index in [1.165, 1.54) is 42.8 Å². The Kier molecular flexibility index (Phi) is 4.33. The fourth-order valence-corrected chi connectivity index (χ4v) is 1.96. The predicted molar refractivity (Wildman–Crippen MR) is 85.3 cm³/mol. The molecule has 7 heteroatoms. The van der Waals surface area contributed by atoms with E-state index in [1.807, 2.05) is 0 Å². The first-order chi connectivity index (χ1) is 11.6. The van der Waals surface area contributed by atoms with Crippen LogP contribution in [0.4, 0.5) is 15.9 Å². The van der Waals surface area contributed by atoms with Crippen molar-refractivity contribution in [2.24, 2.45) is 0 Å². The molecule has 0 spiro atoms. The number of anilines is 2. The maximum absolute atomic E-state index is 13.1. The Bertz CT molecular complexity index is 861. The molecular formula is C17H12FN3O3. The zero-order valence-electron chi connectivity index (χ0n) is 12.3. The van der Waals surface area contributed by atoms with E-state index in [2.05, 4.69) is 15.6 Å². The van der Waals surface area contributed by atoms with Gasteiger partial charge in [-0.25, -0.2) is 9.37 Å². The van der Waals surface area contributed by atoms with E-state index in [9.17, 15) is 14.0 Å². The van der Waals surface area contributed by atoms with E-state index in [1.54, 1.807) is 12.1 Å². The average Bonchev–Trinajstić information content (AvgIpc) is 3.11. The lowest BCUT2D eigenvalue weighted by atomic mass is 10.2. The van der Waals surface area contributed by atoms with Crippen LogP contribution in [0.25, 0.3) is 0 Å². The van der Waals surface area contributed by atoms with Crippen molar-refractivity contribution in [2.75, 3.05) is 10.6 Å². The second kappa shape index (κ2) is 6.74. The molecular weight excluding hydrogens is 313 g/mol. The van der Waals surface area contributed by atoms with Crippen LogP contribution in [0.1, 0.15) is 20.9 Å². The largest absolute Gasteiger partial charge is 0.459 e. The number of halogens is 1. The minimum absolute atomic E-state index is 0.179. The van der Waals surface area contributed by atoms with Gasteiger partial charge in [0, 0.05) is 5.56 Å². The van der Waals surface area contributed by atoms with Gasteiger partial charge >= 0.3 is 0 Å². The summed E-state index contributed by atoms with van der Waals surface area (Å²) in [7, 11) is 0. The van der Waals surface area contributed by atoms with E-state index in [0.29, 0.717) is 5.69 Å². The van der Waals surface area contributed by atoms with Gasteiger partial charge in [0.2, 0.25) is 0 Å². The molecule has 3 rings (SSSR count). The fourth-order valence-electron chi connectivity index (χ4n) is 1.96. The number of amides is 2. The summed E-state index contributed by atoms with van der Waals surface area (Å²) in [5.41, 5.74) is 0.632. The van der Waals surface area contributed by atoms with E-state index < -0.39 is 17.6 Å². The predicted octanol–water partition coefficient (Wildman–Crippen LogP) is 3.32. The van der Waals surface area contributed by atoms with E-state index >= 15 is 0 Å². The lowest BCUT2D eigenvalue weighted by Gasteiger charge is -2.06. The quantitative estimate of drug-likeness (QED) is 0.770. The molecule has 0 saturated carbocycles. The monoisotopic (exact) mass is 325 g/mol. The molecule has 0 unspecified atom stereocenters. The molecule has 2 aromatic heterocycles. The molecule has 0 atom stereocenters. The van der Waals surface area contributed by atoms with Gasteiger partial charge in [-0.15, -0.1) is 0 Å². The number of nitrogens with one attached hydrogen (secondary N) is 2. The average molecular weight is 325 g/mol. The second-order valence-electron chi connectivity index (χ2n) is 4.83. The van der Waals surface area contributed by atoms with Crippen LogP contribution in [0.2, 0.25) is 0 Å². The Morgan fingerprint density at radius 3 is 2.54 bits per heavy atom. The topological polar surface area (TPSA) is 84.2 Å². The fraction of sp³-hybridized carbons (Fsp3) is 0. The molecule has 2 amide bonds. The van der Waals surface area contributed by atoms with Gasteiger partial charge in [0.1, 0.15) is 11.6 Å². The number of hydrogen-bond acceptors (Lipinski definition) is 4. The SMILES string of the molecule is O=C(Nc1ccc(NC(=O)c2ccco2)cn1)c1cccc(F)c1. The lowest BCUT2D eigenvalue weighted by Crippen LogP contribution is -2.14. The summed E-state index contributed by atoms with van der Waals surface area (Å²) >= 11 is 0.